The number of carbonyl (C=O) groups is 2. The van der Waals surface area contributed by atoms with Gasteiger partial charge in [0.2, 0.25) is 11.8 Å². The Morgan fingerprint density at radius 3 is 2.68 bits per heavy atom. The van der Waals surface area contributed by atoms with E-state index in [1.165, 1.54) is 0 Å². The van der Waals surface area contributed by atoms with Gasteiger partial charge >= 0.3 is 0 Å². The molecule has 0 bridgehead atoms. The van der Waals surface area contributed by atoms with Crippen molar-refractivity contribution in [3.8, 4) is 0 Å². The number of hydrogen-bond donors (Lipinski definition) is 3. The van der Waals surface area contributed by atoms with E-state index in [-0.39, 0.29) is 37.2 Å². The van der Waals surface area contributed by atoms with E-state index < -0.39 is 6.04 Å². The molecule has 124 valence electrons. The Morgan fingerprint density at radius 1 is 1.36 bits per heavy atom. The number of carbonyl (C=O) groups excluding carboxylic acids is 2. The van der Waals surface area contributed by atoms with Crippen LogP contribution in [0.1, 0.15) is 31.7 Å². The summed E-state index contributed by atoms with van der Waals surface area (Å²) in [5.41, 5.74) is 7.18. The summed E-state index contributed by atoms with van der Waals surface area (Å²) < 4.78 is 0. The van der Waals surface area contributed by atoms with Crippen molar-refractivity contribution >= 4 is 41.5 Å². The van der Waals surface area contributed by atoms with Crippen LogP contribution < -0.4 is 16.4 Å². The van der Waals surface area contributed by atoms with Gasteiger partial charge in [0.25, 0.3) is 0 Å². The molecule has 1 atom stereocenters. The van der Waals surface area contributed by atoms with E-state index in [0.29, 0.717) is 17.1 Å². The maximum Gasteiger partial charge on any atom is 0.236 e. The van der Waals surface area contributed by atoms with Gasteiger partial charge in [0.05, 0.1) is 6.04 Å². The van der Waals surface area contributed by atoms with Crippen LogP contribution in [0.25, 0.3) is 0 Å². The first kappa shape index (κ1) is 20.7. The molecule has 0 heterocycles. The van der Waals surface area contributed by atoms with Crippen molar-refractivity contribution in [2.75, 3.05) is 11.9 Å². The van der Waals surface area contributed by atoms with Gasteiger partial charge in [-0.05, 0) is 31.0 Å². The Kier molecular flexibility index (Phi) is 9.81. The molecule has 1 unspecified atom stereocenters. The summed E-state index contributed by atoms with van der Waals surface area (Å²) in [6.07, 6.45) is 1.68. The first-order chi connectivity index (χ1) is 9.95. The lowest BCUT2D eigenvalue weighted by atomic mass is 10.1. The number of hydrogen-bond acceptors (Lipinski definition) is 3. The van der Waals surface area contributed by atoms with E-state index in [9.17, 15) is 9.59 Å². The molecule has 1 aromatic carbocycles. The molecule has 2 amide bonds. The van der Waals surface area contributed by atoms with Crippen molar-refractivity contribution < 1.29 is 9.59 Å². The zero-order valence-corrected chi connectivity index (χ0v) is 14.4. The predicted octanol–water partition coefficient (Wildman–Crippen LogP) is 2.64. The van der Waals surface area contributed by atoms with Crippen LogP contribution >= 0.6 is 24.0 Å². The molecule has 0 aliphatic rings. The van der Waals surface area contributed by atoms with E-state index in [4.69, 9.17) is 17.3 Å². The molecule has 5 nitrogen and oxygen atoms in total. The lowest BCUT2D eigenvalue weighted by molar-refractivity contribution is -0.122. The molecular weight excluding hydrogens is 325 g/mol. The monoisotopic (exact) mass is 347 g/mol. The van der Waals surface area contributed by atoms with E-state index >= 15 is 0 Å². The highest BCUT2D eigenvalue weighted by atomic mass is 35.5. The highest BCUT2D eigenvalue weighted by molar-refractivity contribution is 6.31. The molecule has 0 spiro atoms. The zero-order chi connectivity index (χ0) is 15.8. The third kappa shape index (κ3) is 6.64. The van der Waals surface area contributed by atoms with Gasteiger partial charge in [-0.25, -0.2) is 0 Å². The maximum absolute atomic E-state index is 11.8. The summed E-state index contributed by atoms with van der Waals surface area (Å²) in [4.78, 5) is 23.4. The van der Waals surface area contributed by atoms with Crippen molar-refractivity contribution in [1.29, 1.82) is 0 Å². The van der Waals surface area contributed by atoms with Crippen LogP contribution in [-0.4, -0.2) is 24.4 Å². The molecule has 0 aromatic heterocycles. The minimum Gasteiger partial charge on any atom is -0.354 e. The minimum absolute atomic E-state index is 0. The zero-order valence-electron chi connectivity index (χ0n) is 12.8. The van der Waals surface area contributed by atoms with Crippen LogP contribution in [0.4, 0.5) is 5.69 Å². The normalized spacial score (nSPS) is 11.3. The van der Waals surface area contributed by atoms with Gasteiger partial charge in [-0.2, -0.15) is 0 Å². The van der Waals surface area contributed by atoms with Gasteiger partial charge in [0.15, 0.2) is 0 Å². The summed E-state index contributed by atoms with van der Waals surface area (Å²) >= 11 is 5.99. The topological polar surface area (TPSA) is 84.2 Å². The second kappa shape index (κ2) is 10.4. The maximum atomic E-state index is 11.8. The number of nitrogens with two attached hydrogens (primary N) is 1. The molecule has 0 aliphatic heterocycles. The Balaban J connectivity index is 0.00000441. The van der Waals surface area contributed by atoms with Crippen LogP contribution in [0.2, 0.25) is 5.02 Å². The van der Waals surface area contributed by atoms with Crippen molar-refractivity contribution in [3.05, 3.63) is 28.8 Å². The van der Waals surface area contributed by atoms with Gasteiger partial charge in [0, 0.05) is 23.7 Å². The van der Waals surface area contributed by atoms with Crippen molar-refractivity contribution in [2.24, 2.45) is 5.73 Å². The average Bonchev–Trinajstić information content (AvgIpc) is 2.44. The number of anilines is 1. The van der Waals surface area contributed by atoms with Crippen LogP contribution in [-0.2, 0) is 9.59 Å². The van der Waals surface area contributed by atoms with E-state index in [1.54, 1.807) is 18.2 Å². The fraction of sp³-hybridized carbons (Fsp3) is 0.467. The fourth-order valence-electron chi connectivity index (χ4n) is 1.83. The van der Waals surface area contributed by atoms with Crippen molar-refractivity contribution in [1.82, 2.24) is 5.32 Å². The fourth-order valence-corrected chi connectivity index (χ4v) is 2.00. The Morgan fingerprint density at radius 2 is 2.05 bits per heavy atom. The molecule has 7 heteroatoms. The third-order valence-corrected chi connectivity index (χ3v) is 3.54. The highest BCUT2D eigenvalue weighted by Gasteiger charge is 2.12. The quantitative estimate of drug-likeness (QED) is 0.708. The smallest absolute Gasteiger partial charge is 0.236 e. The summed E-state index contributed by atoms with van der Waals surface area (Å²) in [6.45, 7) is 4.07. The van der Waals surface area contributed by atoms with Crippen LogP contribution in [0, 0.1) is 6.92 Å². The van der Waals surface area contributed by atoms with E-state index in [1.807, 2.05) is 13.8 Å². The molecule has 4 N–H and O–H groups in total. The first-order valence-corrected chi connectivity index (χ1v) is 7.41. The number of benzene rings is 1. The van der Waals surface area contributed by atoms with Crippen LogP contribution in [0.5, 0.6) is 0 Å². The standard InChI is InChI=1S/C15H22ClN3O2.ClH/c1-3-5-12(17)15(21)18-9-8-14(20)19-13-7-4-6-11(16)10(13)2;/h4,6-7,12H,3,5,8-9,17H2,1-2H3,(H,18,21)(H,19,20);1H. The second-order valence-electron chi connectivity index (χ2n) is 4.90. The summed E-state index contributed by atoms with van der Waals surface area (Å²) in [7, 11) is 0. The average molecular weight is 348 g/mol. The van der Waals surface area contributed by atoms with E-state index in [2.05, 4.69) is 10.6 Å². The largest absolute Gasteiger partial charge is 0.354 e. The van der Waals surface area contributed by atoms with Gasteiger partial charge in [0.1, 0.15) is 0 Å². The molecule has 1 rings (SSSR count). The Labute approximate surface area is 142 Å². The molecule has 0 radical (unpaired) electrons. The molecule has 0 aliphatic carbocycles. The number of amides is 2. The summed E-state index contributed by atoms with van der Waals surface area (Å²) in [5, 5.41) is 6.04. The first-order valence-electron chi connectivity index (χ1n) is 7.04. The van der Waals surface area contributed by atoms with Crippen molar-refractivity contribution in [3.63, 3.8) is 0 Å². The molecule has 22 heavy (non-hydrogen) atoms. The van der Waals surface area contributed by atoms with E-state index in [0.717, 1.165) is 12.0 Å². The molecular formula is C15H23Cl2N3O2. The summed E-state index contributed by atoms with van der Waals surface area (Å²) in [5.74, 6) is -0.395. The lowest BCUT2D eigenvalue weighted by Gasteiger charge is -2.12. The van der Waals surface area contributed by atoms with Gasteiger partial charge in [-0.3, -0.25) is 9.59 Å². The van der Waals surface area contributed by atoms with Crippen molar-refractivity contribution in [2.45, 2.75) is 39.2 Å². The third-order valence-electron chi connectivity index (χ3n) is 3.13. The highest BCUT2D eigenvalue weighted by Crippen LogP contribution is 2.22. The number of halogens is 2. The summed E-state index contributed by atoms with van der Waals surface area (Å²) in [6, 6.07) is 4.82. The molecule has 0 fully saturated rings. The lowest BCUT2D eigenvalue weighted by Crippen LogP contribution is -2.41. The second-order valence-corrected chi connectivity index (χ2v) is 5.30. The Hall–Kier alpha value is -1.30. The minimum atomic E-state index is -0.506. The molecule has 0 saturated carbocycles. The predicted molar refractivity (Wildman–Crippen MR) is 92.6 cm³/mol. The molecule has 1 aromatic rings. The number of nitrogens with one attached hydrogen (secondary N) is 2. The van der Waals surface area contributed by atoms with Crippen LogP contribution in [0.15, 0.2) is 18.2 Å². The van der Waals surface area contributed by atoms with Gasteiger partial charge in [-0.1, -0.05) is 31.0 Å². The van der Waals surface area contributed by atoms with Gasteiger partial charge < -0.3 is 16.4 Å². The number of rotatable bonds is 7. The molecule has 0 saturated heterocycles. The SMILES string of the molecule is CCCC(N)C(=O)NCCC(=O)Nc1cccc(Cl)c1C.Cl. The Bertz CT molecular complexity index is 510. The van der Waals surface area contributed by atoms with Crippen LogP contribution in [0.3, 0.4) is 0 Å². The van der Waals surface area contributed by atoms with Gasteiger partial charge in [-0.15, -0.1) is 12.4 Å².